The molecule has 1 aromatic heterocycles. The molecule has 0 fully saturated rings. The zero-order valence-corrected chi connectivity index (χ0v) is 21.3. The predicted octanol–water partition coefficient (Wildman–Crippen LogP) is 8.55. The number of benzene rings is 1. The molecule has 0 saturated carbocycles. The van der Waals surface area contributed by atoms with Gasteiger partial charge in [-0.15, -0.1) is 0 Å². The van der Waals surface area contributed by atoms with E-state index in [1.165, 1.54) is 44.9 Å². The highest BCUT2D eigenvalue weighted by molar-refractivity contribution is 7.07. The molecule has 0 aliphatic heterocycles. The van der Waals surface area contributed by atoms with Gasteiger partial charge in [0.2, 0.25) is 0 Å². The summed E-state index contributed by atoms with van der Waals surface area (Å²) in [6.45, 7) is 4.73. The number of esters is 1. The number of carboxylic acid groups (broad SMARTS) is 1. The number of carbonyl (C=O) groups excluding carboxylic acids is 1. The van der Waals surface area contributed by atoms with Crippen molar-refractivity contribution in [1.29, 1.82) is 0 Å². The molecule has 0 radical (unpaired) electrons. The average molecular weight is 475 g/mol. The Hall–Kier alpha value is -2.14. The smallest absolute Gasteiger partial charge is 0.339 e. The first-order valence-electron chi connectivity index (χ1n) is 12.6. The van der Waals surface area contributed by atoms with Crippen molar-refractivity contribution in [3.05, 3.63) is 57.8 Å². The standard InChI is InChI=1S/C24H38O4.C4H4S/c1-3-5-7-9-11-13-16-20-17-15-18-21(22(20)23(25)26)24(27)28-19-14-12-10-8-6-4-2;1-2-4-5-3-1/h15,17-18H,3-14,16,19H2,1-2H3,(H,25,26);1-4H. The summed E-state index contributed by atoms with van der Waals surface area (Å²) in [5.41, 5.74) is 1.03. The number of carboxylic acids is 1. The number of hydrogen-bond acceptors (Lipinski definition) is 4. The van der Waals surface area contributed by atoms with Crippen LogP contribution < -0.4 is 0 Å². The number of carbonyl (C=O) groups is 2. The van der Waals surface area contributed by atoms with Crippen LogP contribution in [0.1, 0.15) is 117 Å². The van der Waals surface area contributed by atoms with Crippen molar-refractivity contribution < 1.29 is 19.4 Å². The molecule has 2 rings (SSSR count). The molecule has 4 nitrogen and oxygen atoms in total. The third kappa shape index (κ3) is 13.2. The molecule has 1 heterocycles. The second-order valence-corrected chi connectivity index (χ2v) is 9.18. The summed E-state index contributed by atoms with van der Waals surface area (Å²) in [6.07, 6.45) is 14.3. The van der Waals surface area contributed by atoms with Gasteiger partial charge in [0.25, 0.3) is 0 Å². The first kappa shape index (κ1) is 28.9. The quantitative estimate of drug-likeness (QED) is 0.195. The lowest BCUT2D eigenvalue weighted by Crippen LogP contribution is -2.15. The van der Waals surface area contributed by atoms with Crippen LogP contribution in [-0.4, -0.2) is 23.7 Å². The van der Waals surface area contributed by atoms with Gasteiger partial charge in [0.05, 0.1) is 17.7 Å². The van der Waals surface area contributed by atoms with E-state index in [0.717, 1.165) is 37.7 Å². The van der Waals surface area contributed by atoms with Crippen molar-refractivity contribution in [3.8, 4) is 0 Å². The lowest BCUT2D eigenvalue weighted by atomic mass is 9.96. The van der Waals surface area contributed by atoms with Gasteiger partial charge in [-0.05, 0) is 41.7 Å². The van der Waals surface area contributed by atoms with Crippen molar-refractivity contribution in [2.45, 2.75) is 97.3 Å². The molecule has 5 heteroatoms. The fourth-order valence-corrected chi connectivity index (χ4v) is 4.13. The van der Waals surface area contributed by atoms with E-state index in [9.17, 15) is 14.7 Å². The number of thiophene rings is 1. The maximum atomic E-state index is 12.4. The summed E-state index contributed by atoms with van der Waals surface area (Å²) in [5.74, 6) is -1.57. The molecule has 0 unspecified atom stereocenters. The van der Waals surface area contributed by atoms with Crippen molar-refractivity contribution in [1.82, 2.24) is 0 Å². The van der Waals surface area contributed by atoms with E-state index in [1.54, 1.807) is 23.5 Å². The van der Waals surface area contributed by atoms with Gasteiger partial charge in [-0.25, -0.2) is 9.59 Å². The van der Waals surface area contributed by atoms with Crippen LogP contribution in [0.3, 0.4) is 0 Å². The highest BCUT2D eigenvalue weighted by atomic mass is 32.1. The summed E-state index contributed by atoms with van der Waals surface area (Å²) in [5, 5.41) is 13.7. The minimum atomic E-state index is -1.05. The second kappa shape index (κ2) is 19.3. The minimum absolute atomic E-state index is 0.115. The predicted molar refractivity (Wildman–Crippen MR) is 138 cm³/mol. The van der Waals surface area contributed by atoms with Crippen LogP contribution in [0.15, 0.2) is 41.1 Å². The number of aromatic carboxylic acids is 1. The molecule has 0 saturated heterocycles. The van der Waals surface area contributed by atoms with Crippen molar-refractivity contribution in [2.75, 3.05) is 6.61 Å². The first-order chi connectivity index (χ1) is 16.1. The highest BCUT2D eigenvalue weighted by Gasteiger charge is 2.21. The van der Waals surface area contributed by atoms with Gasteiger partial charge in [0, 0.05) is 0 Å². The van der Waals surface area contributed by atoms with Crippen LogP contribution in [0, 0.1) is 0 Å². The number of unbranched alkanes of at least 4 members (excludes halogenated alkanes) is 10. The van der Waals surface area contributed by atoms with E-state index < -0.39 is 11.9 Å². The van der Waals surface area contributed by atoms with Crippen LogP contribution in [0.2, 0.25) is 0 Å². The van der Waals surface area contributed by atoms with Gasteiger partial charge in [-0.3, -0.25) is 0 Å². The Labute approximate surface area is 204 Å². The van der Waals surface area contributed by atoms with Crippen molar-refractivity contribution >= 4 is 23.3 Å². The van der Waals surface area contributed by atoms with E-state index in [4.69, 9.17) is 4.74 Å². The summed E-state index contributed by atoms with van der Waals surface area (Å²) in [4.78, 5) is 24.2. The molecule has 0 amide bonds. The largest absolute Gasteiger partial charge is 0.478 e. The van der Waals surface area contributed by atoms with E-state index in [1.807, 2.05) is 29.0 Å². The Kier molecular flexibility index (Phi) is 16.9. The van der Waals surface area contributed by atoms with Crippen LogP contribution in [0.25, 0.3) is 0 Å². The van der Waals surface area contributed by atoms with Gasteiger partial charge in [-0.1, -0.05) is 102 Å². The normalized spacial score (nSPS) is 10.4. The van der Waals surface area contributed by atoms with Crippen LogP contribution >= 0.6 is 11.3 Å². The van der Waals surface area contributed by atoms with E-state index in [2.05, 4.69) is 13.8 Å². The third-order valence-electron chi connectivity index (χ3n) is 5.54. The molecular weight excluding hydrogens is 432 g/mol. The summed E-state index contributed by atoms with van der Waals surface area (Å²) in [7, 11) is 0. The van der Waals surface area contributed by atoms with E-state index in [0.29, 0.717) is 13.0 Å². The zero-order valence-electron chi connectivity index (χ0n) is 20.5. The van der Waals surface area contributed by atoms with Gasteiger partial charge < -0.3 is 9.84 Å². The Morgan fingerprint density at radius 2 is 1.36 bits per heavy atom. The van der Waals surface area contributed by atoms with E-state index >= 15 is 0 Å². The molecule has 0 bridgehead atoms. The maximum absolute atomic E-state index is 12.4. The lowest BCUT2D eigenvalue weighted by molar-refractivity contribution is 0.0487. The number of aryl methyl sites for hydroxylation is 1. The fourth-order valence-electron chi connectivity index (χ4n) is 3.68. The van der Waals surface area contributed by atoms with Gasteiger partial charge in [-0.2, -0.15) is 11.3 Å². The van der Waals surface area contributed by atoms with Crippen LogP contribution in [0.5, 0.6) is 0 Å². The monoisotopic (exact) mass is 474 g/mol. The Morgan fingerprint density at radius 1 is 0.788 bits per heavy atom. The molecule has 1 N–H and O–H groups in total. The lowest BCUT2D eigenvalue weighted by Gasteiger charge is -2.12. The molecule has 0 aliphatic rings. The number of ether oxygens (including phenoxy) is 1. The Bertz CT molecular complexity index is 738. The fraction of sp³-hybridized carbons (Fsp3) is 0.571. The Morgan fingerprint density at radius 3 is 1.91 bits per heavy atom. The Balaban J connectivity index is 0.000000953. The maximum Gasteiger partial charge on any atom is 0.339 e. The molecule has 1 aromatic carbocycles. The van der Waals surface area contributed by atoms with Gasteiger partial charge in [0.15, 0.2) is 0 Å². The molecule has 0 aliphatic carbocycles. The summed E-state index contributed by atoms with van der Waals surface area (Å²) < 4.78 is 5.35. The SMILES string of the molecule is CCCCCCCCOC(=O)c1cccc(CCCCCCCC)c1C(=O)O.c1ccsc1. The molecule has 2 aromatic rings. The third-order valence-corrected chi connectivity index (χ3v) is 6.17. The zero-order chi connectivity index (χ0) is 24.2. The first-order valence-corrected chi connectivity index (χ1v) is 13.6. The second-order valence-electron chi connectivity index (χ2n) is 8.36. The van der Waals surface area contributed by atoms with E-state index in [-0.39, 0.29) is 11.1 Å². The van der Waals surface area contributed by atoms with Crippen molar-refractivity contribution in [2.24, 2.45) is 0 Å². The van der Waals surface area contributed by atoms with Crippen LogP contribution in [0.4, 0.5) is 0 Å². The topological polar surface area (TPSA) is 63.6 Å². The minimum Gasteiger partial charge on any atom is -0.478 e. The molecule has 33 heavy (non-hydrogen) atoms. The molecule has 0 spiro atoms. The highest BCUT2D eigenvalue weighted by Crippen LogP contribution is 2.20. The van der Waals surface area contributed by atoms with Crippen LogP contribution in [-0.2, 0) is 11.2 Å². The average Bonchev–Trinajstić information content (AvgIpc) is 3.40. The molecule has 184 valence electrons. The van der Waals surface area contributed by atoms with Gasteiger partial charge in [0.1, 0.15) is 0 Å². The van der Waals surface area contributed by atoms with Crippen molar-refractivity contribution in [3.63, 3.8) is 0 Å². The molecular formula is C28H42O4S. The summed E-state index contributed by atoms with van der Waals surface area (Å²) >= 11 is 1.71. The number of hydrogen-bond donors (Lipinski definition) is 1. The summed E-state index contributed by atoms with van der Waals surface area (Å²) in [6, 6.07) is 9.19. The number of rotatable bonds is 16. The molecule has 0 atom stereocenters. The van der Waals surface area contributed by atoms with Gasteiger partial charge >= 0.3 is 11.9 Å².